The summed E-state index contributed by atoms with van der Waals surface area (Å²) in [6, 6.07) is 0. The first kappa shape index (κ1) is 23.1. The van der Waals surface area contributed by atoms with Crippen LogP contribution in [0.5, 0.6) is 0 Å². The first-order chi connectivity index (χ1) is 10.7. The molecule has 0 aliphatic rings. The minimum absolute atomic E-state index is 1.13. The molecule has 0 aromatic rings. The van der Waals surface area contributed by atoms with E-state index in [0.717, 1.165) is 0 Å². The molecule has 0 rings (SSSR count). The Morgan fingerprint density at radius 1 is 0.520 bits per heavy atom. The number of carbonyl (C=O) groups excluding carboxylic acids is 5. The van der Waals surface area contributed by atoms with Crippen molar-refractivity contribution in [2.45, 2.75) is 11.0 Å². The van der Waals surface area contributed by atoms with Crippen LogP contribution in [0.4, 0.5) is 26.3 Å². The molecule has 0 aliphatic heterocycles. The Balaban J connectivity index is 10.7. The van der Waals surface area contributed by atoms with Crippen molar-refractivity contribution in [2.24, 2.45) is 0 Å². The van der Waals surface area contributed by atoms with Crippen LogP contribution in [0, 0.1) is 0 Å². The summed E-state index contributed by atoms with van der Waals surface area (Å²) in [6.07, 6.45) is 0. The Morgan fingerprint density at radius 2 is 0.680 bits per heavy atom. The van der Waals surface area contributed by atoms with Crippen LogP contribution < -0.4 is 0 Å². The molecule has 0 aromatic carbocycles. The van der Waals surface area contributed by atoms with Crippen molar-refractivity contribution in [3.05, 3.63) is 0 Å². The monoisotopic (exact) mass is 504 g/mol. The van der Waals surface area contributed by atoms with Gasteiger partial charge >= 0.3 is 122 Å². The molecule has 0 bridgehead atoms. The predicted molar refractivity (Wildman–Crippen MR) is 58.4 cm³/mol. The molecule has 0 N–H and O–H groups in total. The topological polar surface area (TPSA) is 154 Å². The maximum atomic E-state index is 12.8. The summed E-state index contributed by atoms with van der Waals surface area (Å²) >= 11 is 0. The molecule has 18 heteroatoms. The Bertz CT molecular complexity index is 1410. The van der Waals surface area contributed by atoms with Gasteiger partial charge in [0, 0.05) is 0 Å². The van der Waals surface area contributed by atoms with E-state index in [4.69, 9.17) is 0 Å². The first-order valence-corrected chi connectivity index (χ1v) is 17.3. The van der Waals surface area contributed by atoms with E-state index in [2.05, 4.69) is 0 Å². The normalized spacial score (nSPS) is 15.8. The molecule has 0 atom stereocenters. The molecule has 0 fully saturated rings. The summed E-state index contributed by atoms with van der Waals surface area (Å²) < 4.78 is 118. The van der Waals surface area contributed by atoms with Gasteiger partial charge in [-0.3, -0.25) is 0 Å². The van der Waals surface area contributed by atoms with Crippen LogP contribution in [0.25, 0.3) is 0 Å². The number of rotatable bonds is 2. The fraction of sp³-hybridized carbons (Fsp3) is 0.286. The van der Waals surface area contributed by atoms with Gasteiger partial charge in [-0.2, -0.15) is 0 Å². The molecule has 0 heterocycles. The molecule has 0 saturated carbocycles. The van der Waals surface area contributed by atoms with Crippen molar-refractivity contribution in [3.63, 3.8) is 0 Å². The molecule has 0 amide bonds. The SMILES string of the molecule is O=[C]=[Mo](=[C]=O)(=[C]=O)(=[C]=O)(=[C]=O)([S](=O)(=O)C(F)(F)F)[S](=O)(=O)C(F)(F)F. The third kappa shape index (κ3) is 1.32. The number of hydrogen-bond donors (Lipinski definition) is 0. The quantitative estimate of drug-likeness (QED) is 0.334. The molecule has 9 nitrogen and oxygen atoms in total. The van der Waals surface area contributed by atoms with Gasteiger partial charge in [0.25, 0.3) is 0 Å². The van der Waals surface area contributed by atoms with Gasteiger partial charge in [0.05, 0.1) is 0 Å². The van der Waals surface area contributed by atoms with E-state index in [-0.39, 0.29) is 0 Å². The van der Waals surface area contributed by atoms with Crippen molar-refractivity contribution >= 4 is 36.4 Å². The summed E-state index contributed by atoms with van der Waals surface area (Å²) in [7, 11) is -30.3. The van der Waals surface area contributed by atoms with Gasteiger partial charge in [-0.25, -0.2) is 0 Å². The number of halogens is 6. The summed E-state index contributed by atoms with van der Waals surface area (Å²) in [5.74, 6) is 0. The summed E-state index contributed by atoms with van der Waals surface area (Å²) in [6.45, 7) is 0. The standard InChI is InChI=1S/2CF3O2S.5CO.Mo/c2*2-1(3,4)7(5)6;5*1-2;. The predicted octanol–water partition coefficient (Wildman–Crippen LogP) is -1.22. The second kappa shape index (κ2) is 4.24. The molecule has 0 aromatic heterocycles. The Labute approximate surface area is 122 Å². The molecule has 0 saturated heterocycles. The van der Waals surface area contributed by atoms with Crippen molar-refractivity contribution in [3.8, 4) is 0 Å². The van der Waals surface area contributed by atoms with Crippen molar-refractivity contribution < 1.29 is 74.6 Å². The van der Waals surface area contributed by atoms with E-state index in [0.29, 0.717) is 0 Å². The summed E-state index contributed by atoms with van der Waals surface area (Å²) in [5, 5.41) is 0. The molecule has 0 unspecified atom stereocenters. The molecule has 0 radical (unpaired) electrons. The van der Waals surface area contributed by atoms with Gasteiger partial charge < -0.3 is 0 Å². The zero-order valence-corrected chi connectivity index (χ0v) is 14.3. The van der Waals surface area contributed by atoms with Gasteiger partial charge in [-0.15, -0.1) is 0 Å². The van der Waals surface area contributed by atoms with E-state index < -0.39 is 54.9 Å². The fourth-order valence-electron chi connectivity index (χ4n) is 1.29. The minimum atomic E-state index is -12.6. The molecule has 0 spiro atoms. The van der Waals surface area contributed by atoms with E-state index >= 15 is 0 Å². The zero-order valence-electron chi connectivity index (χ0n) is 10.7. The summed E-state index contributed by atoms with van der Waals surface area (Å²) in [5.41, 5.74) is -14.9. The van der Waals surface area contributed by atoms with Crippen LogP contribution >= 0.6 is 0 Å². The average Bonchev–Trinajstić information content (AvgIpc) is 2.50. The summed E-state index contributed by atoms with van der Waals surface area (Å²) in [4.78, 5) is 55.3. The molecule has 25 heavy (non-hydrogen) atoms. The van der Waals surface area contributed by atoms with E-state index in [1.807, 2.05) is 0 Å². The van der Waals surface area contributed by atoms with Crippen molar-refractivity contribution in [1.29, 1.82) is 0 Å². The van der Waals surface area contributed by atoms with Crippen LogP contribution in [-0.2, 0) is 46.5 Å². The van der Waals surface area contributed by atoms with E-state index in [1.165, 1.54) is 0 Å². The van der Waals surface area contributed by atoms with Crippen LogP contribution in [0.15, 0.2) is 0 Å². The molecule has 142 valence electrons. The van der Waals surface area contributed by atoms with Crippen LogP contribution in [0.3, 0.4) is 0 Å². The van der Waals surface area contributed by atoms with Crippen LogP contribution in [0.1, 0.15) is 0 Å². The first-order valence-electron chi connectivity index (χ1n) is 4.58. The van der Waals surface area contributed by atoms with Gasteiger partial charge in [0.1, 0.15) is 0 Å². The zero-order chi connectivity index (χ0) is 20.9. The Morgan fingerprint density at radius 3 is 0.760 bits per heavy atom. The number of hydrogen-bond acceptors (Lipinski definition) is 9. The molecular formula is C7F6MoO9S2. The second-order valence-corrected chi connectivity index (χ2v) is 37.9. The van der Waals surface area contributed by atoms with Gasteiger partial charge in [0.15, 0.2) is 0 Å². The third-order valence-corrected chi connectivity index (χ3v) is 44.5. The van der Waals surface area contributed by atoms with E-state index in [9.17, 15) is 67.2 Å². The van der Waals surface area contributed by atoms with Gasteiger partial charge in [0.2, 0.25) is 0 Å². The van der Waals surface area contributed by atoms with Gasteiger partial charge in [-0.1, -0.05) is 0 Å². The van der Waals surface area contributed by atoms with Crippen LogP contribution in [-0.4, -0.2) is 49.2 Å². The van der Waals surface area contributed by atoms with E-state index in [1.54, 1.807) is 0 Å². The number of alkyl halides is 6. The molecule has 0 aliphatic carbocycles. The Kier molecular flexibility index (Phi) is 3.91. The van der Waals surface area contributed by atoms with Crippen molar-refractivity contribution in [2.75, 3.05) is 0 Å². The average molecular weight is 502 g/mol. The maximum absolute atomic E-state index is 12.8. The fourth-order valence-corrected chi connectivity index (χ4v) is 27.7. The van der Waals surface area contributed by atoms with Crippen LogP contribution in [0.2, 0.25) is 0 Å². The third-order valence-electron chi connectivity index (χ3n) is 3.02. The van der Waals surface area contributed by atoms with Crippen molar-refractivity contribution in [1.82, 2.24) is 0 Å². The second-order valence-electron chi connectivity index (χ2n) is 4.14. The Hall–Kier alpha value is -1.93. The molecular weight excluding hydrogens is 502 g/mol. The van der Waals surface area contributed by atoms with Gasteiger partial charge in [-0.05, 0) is 0 Å².